The predicted molar refractivity (Wildman–Crippen MR) is 82.3 cm³/mol. The maximum Gasteiger partial charge on any atom is 0.339 e. The first-order valence-electron chi connectivity index (χ1n) is 5.75. The van der Waals surface area contributed by atoms with E-state index in [9.17, 15) is 18.3 Å². The average molecular weight is 362 g/mol. The smallest absolute Gasteiger partial charge is 0.339 e. The molecular formula is C13H9Cl2NO5S. The van der Waals surface area contributed by atoms with E-state index in [1.54, 1.807) is 0 Å². The molecule has 0 saturated carbocycles. The molecule has 0 aliphatic rings. The zero-order valence-corrected chi connectivity index (χ0v) is 13.1. The number of hydrogen-bond acceptors (Lipinski definition) is 4. The molecule has 0 spiro atoms. The highest BCUT2D eigenvalue weighted by Crippen LogP contribution is 2.32. The number of hydrogen-bond donors (Lipinski definition) is 3. The van der Waals surface area contributed by atoms with E-state index in [4.69, 9.17) is 28.3 Å². The van der Waals surface area contributed by atoms with E-state index in [-0.39, 0.29) is 20.6 Å². The molecule has 0 atom stereocenters. The van der Waals surface area contributed by atoms with E-state index in [1.807, 2.05) is 0 Å². The lowest BCUT2D eigenvalue weighted by Crippen LogP contribution is -2.14. The summed E-state index contributed by atoms with van der Waals surface area (Å²) in [6.45, 7) is 0. The Bertz CT molecular complexity index is 852. The van der Waals surface area contributed by atoms with Gasteiger partial charge in [0.05, 0.1) is 10.7 Å². The van der Waals surface area contributed by atoms with Crippen LogP contribution in [0, 0.1) is 0 Å². The number of sulfonamides is 1. The Balaban J connectivity index is 2.48. The Kier molecular flexibility index (Phi) is 4.50. The average Bonchev–Trinajstić information content (AvgIpc) is 2.43. The summed E-state index contributed by atoms with van der Waals surface area (Å²) >= 11 is 11.6. The van der Waals surface area contributed by atoms with Gasteiger partial charge >= 0.3 is 5.97 Å². The van der Waals surface area contributed by atoms with Crippen molar-refractivity contribution in [3.8, 4) is 5.75 Å². The third-order valence-corrected chi connectivity index (χ3v) is 4.78. The van der Waals surface area contributed by atoms with E-state index >= 15 is 0 Å². The van der Waals surface area contributed by atoms with Crippen molar-refractivity contribution in [3.05, 3.63) is 52.0 Å². The van der Waals surface area contributed by atoms with Crippen LogP contribution in [0.5, 0.6) is 5.75 Å². The molecule has 0 aliphatic heterocycles. The van der Waals surface area contributed by atoms with Gasteiger partial charge in [0.2, 0.25) is 0 Å². The molecule has 0 fully saturated rings. The van der Waals surface area contributed by atoms with Crippen LogP contribution in [0.2, 0.25) is 10.0 Å². The molecule has 3 N–H and O–H groups in total. The summed E-state index contributed by atoms with van der Waals surface area (Å²) in [7, 11) is -4.15. The highest BCUT2D eigenvalue weighted by atomic mass is 35.5. The molecule has 0 bridgehead atoms. The van der Waals surface area contributed by atoms with Crippen LogP contribution in [0.3, 0.4) is 0 Å². The largest absolute Gasteiger partial charge is 0.505 e. The van der Waals surface area contributed by atoms with Crippen molar-refractivity contribution in [3.63, 3.8) is 0 Å². The third kappa shape index (κ3) is 3.27. The van der Waals surface area contributed by atoms with Crippen molar-refractivity contribution in [2.24, 2.45) is 0 Å². The number of aromatic carboxylic acids is 1. The fourth-order valence-corrected chi connectivity index (χ4v) is 3.51. The number of rotatable bonds is 4. The number of carboxylic acid groups (broad SMARTS) is 1. The minimum atomic E-state index is -4.15. The van der Waals surface area contributed by atoms with Gasteiger partial charge in [0, 0.05) is 5.02 Å². The standard InChI is InChI=1S/C13H9Cl2NO5S/c14-7-4-5-9(15)11(6-7)22(20,21)16-10-3-1-2-8(12(10)17)13(18)19/h1-6,16-17H,(H,18,19). The highest BCUT2D eigenvalue weighted by molar-refractivity contribution is 7.92. The monoisotopic (exact) mass is 361 g/mol. The van der Waals surface area contributed by atoms with Gasteiger partial charge in [0.25, 0.3) is 10.0 Å². The third-order valence-electron chi connectivity index (χ3n) is 2.69. The van der Waals surface area contributed by atoms with E-state index in [2.05, 4.69) is 4.72 Å². The molecular weight excluding hydrogens is 353 g/mol. The number of aromatic hydroxyl groups is 1. The molecule has 22 heavy (non-hydrogen) atoms. The molecule has 116 valence electrons. The minimum absolute atomic E-state index is 0.0641. The number of anilines is 1. The van der Waals surface area contributed by atoms with Crippen LogP contribution in [-0.2, 0) is 10.0 Å². The zero-order valence-electron chi connectivity index (χ0n) is 10.7. The molecule has 2 rings (SSSR count). The van der Waals surface area contributed by atoms with Gasteiger partial charge < -0.3 is 10.2 Å². The Hall–Kier alpha value is -1.96. The second kappa shape index (κ2) is 6.04. The summed E-state index contributed by atoms with van der Waals surface area (Å²) in [5, 5.41) is 18.8. The number of carboxylic acids is 1. The molecule has 0 saturated heterocycles. The van der Waals surface area contributed by atoms with Crippen molar-refractivity contribution in [1.82, 2.24) is 0 Å². The van der Waals surface area contributed by atoms with Crippen LogP contribution in [0.1, 0.15) is 10.4 Å². The molecule has 0 heterocycles. The number of benzene rings is 2. The van der Waals surface area contributed by atoms with E-state index in [0.29, 0.717) is 0 Å². The first-order chi connectivity index (χ1) is 10.2. The summed E-state index contributed by atoms with van der Waals surface area (Å²) in [5.41, 5.74) is -0.715. The van der Waals surface area contributed by atoms with Gasteiger partial charge in [-0.15, -0.1) is 0 Å². The Morgan fingerprint density at radius 3 is 2.45 bits per heavy atom. The van der Waals surface area contributed by atoms with E-state index in [1.165, 1.54) is 24.3 Å². The first kappa shape index (κ1) is 16.4. The molecule has 0 aromatic heterocycles. The quantitative estimate of drug-likeness (QED) is 0.725. The lowest BCUT2D eigenvalue weighted by Gasteiger charge is -2.12. The Labute approximate surface area is 136 Å². The number of para-hydroxylation sites is 1. The van der Waals surface area contributed by atoms with E-state index < -0.39 is 27.3 Å². The van der Waals surface area contributed by atoms with Crippen LogP contribution in [0.4, 0.5) is 5.69 Å². The molecule has 2 aromatic carbocycles. The van der Waals surface area contributed by atoms with Crippen molar-refractivity contribution >= 4 is 44.9 Å². The summed E-state index contributed by atoms with van der Waals surface area (Å²) in [4.78, 5) is 10.6. The normalized spacial score (nSPS) is 11.2. The molecule has 0 amide bonds. The lowest BCUT2D eigenvalue weighted by molar-refractivity contribution is 0.0694. The first-order valence-corrected chi connectivity index (χ1v) is 7.99. The summed E-state index contributed by atoms with van der Waals surface area (Å²) in [6.07, 6.45) is 0. The van der Waals surface area contributed by atoms with Crippen molar-refractivity contribution in [1.29, 1.82) is 0 Å². The van der Waals surface area contributed by atoms with Gasteiger partial charge in [0.1, 0.15) is 10.5 Å². The number of phenols is 1. The molecule has 0 radical (unpaired) electrons. The molecule has 0 aliphatic carbocycles. The summed E-state index contributed by atoms with van der Waals surface area (Å²) < 4.78 is 26.7. The van der Waals surface area contributed by atoms with Crippen molar-refractivity contribution in [2.75, 3.05) is 4.72 Å². The SMILES string of the molecule is O=C(O)c1cccc(NS(=O)(=O)c2cc(Cl)ccc2Cl)c1O. The van der Waals surface area contributed by atoms with Crippen molar-refractivity contribution < 1.29 is 23.4 Å². The van der Waals surface area contributed by atoms with Gasteiger partial charge in [-0.1, -0.05) is 29.3 Å². The maximum atomic E-state index is 12.3. The second-order valence-electron chi connectivity index (χ2n) is 4.19. The number of halogens is 2. The fraction of sp³-hybridized carbons (Fsp3) is 0. The van der Waals surface area contributed by atoms with Gasteiger partial charge in [-0.05, 0) is 30.3 Å². The van der Waals surface area contributed by atoms with Crippen LogP contribution >= 0.6 is 23.2 Å². The fourth-order valence-electron chi connectivity index (χ4n) is 1.68. The maximum absolute atomic E-state index is 12.3. The molecule has 6 nitrogen and oxygen atoms in total. The highest BCUT2D eigenvalue weighted by Gasteiger charge is 2.22. The van der Waals surface area contributed by atoms with Crippen LogP contribution in [0.15, 0.2) is 41.3 Å². The van der Waals surface area contributed by atoms with Crippen LogP contribution in [-0.4, -0.2) is 24.6 Å². The topological polar surface area (TPSA) is 104 Å². The lowest BCUT2D eigenvalue weighted by atomic mass is 10.2. The molecule has 9 heteroatoms. The van der Waals surface area contributed by atoms with Gasteiger partial charge in [-0.2, -0.15) is 0 Å². The summed E-state index contributed by atoms with van der Waals surface area (Å²) in [5.74, 6) is -2.09. The molecule has 2 aromatic rings. The van der Waals surface area contributed by atoms with Gasteiger partial charge in [0.15, 0.2) is 5.75 Å². The number of carbonyl (C=O) groups is 1. The van der Waals surface area contributed by atoms with Gasteiger partial charge in [-0.3, -0.25) is 4.72 Å². The Morgan fingerprint density at radius 2 is 1.82 bits per heavy atom. The Morgan fingerprint density at radius 1 is 1.14 bits per heavy atom. The van der Waals surface area contributed by atoms with Crippen LogP contribution in [0.25, 0.3) is 0 Å². The molecule has 0 unspecified atom stereocenters. The zero-order chi connectivity index (χ0) is 16.5. The van der Waals surface area contributed by atoms with Gasteiger partial charge in [-0.25, -0.2) is 13.2 Å². The van der Waals surface area contributed by atoms with Crippen LogP contribution < -0.4 is 4.72 Å². The summed E-state index contributed by atoms with van der Waals surface area (Å²) in [6, 6.07) is 7.53. The predicted octanol–water partition coefficient (Wildman–Crippen LogP) is 3.20. The minimum Gasteiger partial charge on any atom is -0.505 e. The van der Waals surface area contributed by atoms with E-state index in [0.717, 1.165) is 12.1 Å². The van der Waals surface area contributed by atoms with Crippen molar-refractivity contribution in [2.45, 2.75) is 4.90 Å². The second-order valence-corrected chi connectivity index (χ2v) is 6.68. The number of nitrogens with one attached hydrogen (secondary N) is 1.